The molecule has 11 N–H and O–H groups in total. The van der Waals surface area contributed by atoms with Crippen LogP contribution in [0.5, 0.6) is 28.7 Å². The van der Waals surface area contributed by atoms with E-state index in [1.165, 1.54) is 24.3 Å². The molecule has 240 valence electrons. The van der Waals surface area contributed by atoms with Crippen LogP contribution in [-0.2, 0) is 9.47 Å². The number of fused-ring (bicyclic) bond motifs is 1. The average molecular weight is 627 g/mol. The number of aromatic hydroxyl groups is 3. The number of benzene rings is 2. The van der Waals surface area contributed by atoms with E-state index in [1.54, 1.807) is 0 Å². The van der Waals surface area contributed by atoms with E-state index in [0.29, 0.717) is 0 Å². The quantitative estimate of drug-likeness (QED) is 0.124. The van der Waals surface area contributed by atoms with E-state index in [1.807, 2.05) is 0 Å². The van der Waals surface area contributed by atoms with Gasteiger partial charge in [0.05, 0.1) is 13.2 Å². The van der Waals surface area contributed by atoms with Gasteiger partial charge < -0.3 is 79.5 Å². The van der Waals surface area contributed by atoms with Crippen LogP contribution in [0.1, 0.15) is 0 Å². The first kappa shape index (κ1) is 31.7. The van der Waals surface area contributed by atoms with E-state index in [2.05, 4.69) is 0 Å². The van der Waals surface area contributed by atoms with Crippen molar-refractivity contribution in [2.45, 2.75) is 54.8 Å². The van der Waals surface area contributed by atoms with Gasteiger partial charge in [-0.05, 0) is 24.3 Å². The lowest BCUT2D eigenvalue weighted by atomic mass is 9.97. The van der Waals surface area contributed by atoms with Gasteiger partial charge in [0, 0.05) is 11.6 Å². The number of rotatable bonds is 7. The Morgan fingerprint density at radius 2 is 1.55 bits per heavy atom. The van der Waals surface area contributed by atoms with Crippen molar-refractivity contribution >= 4 is 11.0 Å². The van der Waals surface area contributed by atoms with Gasteiger partial charge in [0.15, 0.2) is 16.8 Å². The van der Waals surface area contributed by atoms with E-state index < -0.39 is 114 Å². The summed E-state index contributed by atoms with van der Waals surface area (Å²) in [5, 5.41) is 113. The molecule has 5 rings (SSSR count). The van der Waals surface area contributed by atoms with Crippen LogP contribution in [0.2, 0.25) is 0 Å². The molecule has 0 amide bonds. The van der Waals surface area contributed by atoms with Crippen molar-refractivity contribution in [2.24, 2.45) is 0 Å². The maximum Gasteiger partial charge on any atom is 0.263 e. The minimum Gasteiger partial charge on any atom is -0.508 e. The van der Waals surface area contributed by atoms with Gasteiger partial charge in [-0.15, -0.1) is 0 Å². The lowest BCUT2D eigenvalue weighted by molar-refractivity contribution is -0.319. The molecule has 0 unspecified atom stereocenters. The third kappa shape index (κ3) is 5.28. The maximum atomic E-state index is 13.4. The molecule has 2 fully saturated rings. The number of hydrogen-bond acceptors (Lipinski definition) is 17. The van der Waals surface area contributed by atoms with Crippen molar-refractivity contribution in [3.8, 4) is 40.1 Å². The van der Waals surface area contributed by atoms with Crippen LogP contribution in [-0.4, -0.2) is 131 Å². The standard InChI is InChI=1S/C27H30O17/c28-6-14-17(34)19(36)20(37)26(42-14)43-24-21(38)23(44-27(8-29)25(39)16(33)12(32)7-40-27)18(35)15-11(31)5-13(41-22(15)24)9-1-3-10(30)4-2-9/h1-5,12,14,16-17,19-20,25-26,28-30,32-39H,6-8H2/t12-,14-,16-,17-,19+,20+,25+,26+,27+/m1/s1. The van der Waals surface area contributed by atoms with Crippen LogP contribution < -0.4 is 14.9 Å². The van der Waals surface area contributed by atoms with Gasteiger partial charge in [-0.25, -0.2) is 0 Å². The van der Waals surface area contributed by atoms with Crippen molar-refractivity contribution < 1.29 is 79.5 Å². The first-order chi connectivity index (χ1) is 20.8. The summed E-state index contributed by atoms with van der Waals surface area (Å²) in [6, 6.07) is 6.25. The highest BCUT2D eigenvalue weighted by atomic mass is 16.7. The molecular weight excluding hydrogens is 596 g/mol. The highest BCUT2D eigenvalue weighted by Crippen LogP contribution is 2.52. The molecule has 2 aliphatic heterocycles. The van der Waals surface area contributed by atoms with E-state index in [0.717, 1.165) is 6.07 Å². The Balaban J connectivity index is 1.71. The second-order valence-electron chi connectivity index (χ2n) is 10.3. The molecule has 3 aromatic rings. The van der Waals surface area contributed by atoms with Gasteiger partial charge in [0.2, 0.25) is 23.5 Å². The summed E-state index contributed by atoms with van der Waals surface area (Å²) in [6.45, 7) is -2.74. The SMILES string of the molecule is O=c1cc(-c2ccc(O)cc2)oc2c(O[C@@H]3O[C@H](CO)[C@@H](O)[C@H](O)[C@@H]3O)c(O)c(O[C@]3(CO)OC[C@@H](O)[C@@H](O)[C@@H]3O)c(O)c12. The molecule has 0 radical (unpaired) electrons. The predicted molar refractivity (Wildman–Crippen MR) is 142 cm³/mol. The van der Waals surface area contributed by atoms with Crippen molar-refractivity contribution in [1.29, 1.82) is 0 Å². The Labute approximate surface area is 246 Å². The zero-order chi connectivity index (χ0) is 32.1. The van der Waals surface area contributed by atoms with Crippen LogP contribution >= 0.6 is 0 Å². The fourth-order valence-electron chi connectivity index (χ4n) is 4.88. The second-order valence-corrected chi connectivity index (χ2v) is 10.3. The van der Waals surface area contributed by atoms with Gasteiger partial charge in [-0.2, -0.15) is 0 Å². The maximum absolute atomic E-state index is 13.4. The molecule has 9 atom stereocenters. The van der Waals surface area contributed by atoms with Gasteiger partial charge >= 0.3 is 0 Å². The number of ether oxygens (including phenoxy) is 4. The first-order valence-electron chi connectivity index (χ1n) is 13.1. The summed E-state index contributed by atoms with van der Waals surface area (Å²) in [7, 11) is 0. The van der Waals surface area contributed by atoms with Crippen molar-refractivity contribution in [1.82, 2.24) is 0 Å². The predicted octanol–water partition coefficient (Wildman–Crippen LogP) is -3.06. The Kier molecular flexibility index (Phi) is 8.62. The van der Waals surface area contributed by atoms with Crippen molar-refractivity contribution in [3.05, 3.63) is 40.6 Å². The molecule has 1 aromatic heterocycles. The van der Waals surface area contributed by atoms with Crippen molar-refractivity contribution in [2.75, 3.05) is 19.8 Å². The Morgan fingerprint density at radius 1 is 0.864 bits per heavy atom. The van der Waals surface area contributed by atoms with Gasteiger partial charge in [0.1, 0.15) is 66.2 Å². The largest absolute Gasteiger partial charge is 0.508 e. The summed E-state index contributed by atoms with van der Waals surface area (Å²) in [5.74, 6) is -7.12. The highest BCUT2D eigenvalue weighted by molar-refractivity contribution is 5.95. The summed E-state index contributed by atoms with van der Waals surface area (Å²) in [6.07, 6.45) is -14.9. The first-order valence-corrected chi connectivity index (χ1v) is 13.1. The number of aliphatic hydroxyl groups excluding tert-OH is 8. The van der Waals surface area contributed by atoms with Crippen LogP contribution in [0.4, 0.5) is 0 Å². The Hall–Kier alpha value is -3.75. The lowest BCUT2D eigenvalue weighted by Crippen LogP contribution is -2.65. The Morgan fingerprint density at radius 3 is 2.18 bits per heavy atom. The molecule has 0 spiro atoms. The summed E-state index contributed by atoms with van der Waals surface area (Å²) < 4.78 is 27.5. The molecule has 2 aromatic carbocycles. The third-order valence-electron chi connectivity index (χ3n) is 7.43. The lowest BCUT2D eigenvalue weighted by Gasteiger charge is -2.43. The monoisotopic (exact) mass is 626 g/mol. The highest BCUT2D eigenvalue weighted by Gasteiger charge is 2.53. The molecule has 2 aliphatic rings. The summed E-state index contributed by atoms with van der Waals surface area (Å²) in [4.78, 5) is 13.4. The molecule has 0 aliphatic carbocycles. The molecule has 3 heterocycles. The van der Waals surface area contributed by atoms with Crippen LogP contribution in [0, 0.1) is 0 Å². The number of phenolic OH excluding ortho intramolecular Hbond substituents is 3. The number of aliphatic hydroxyl groups is 8. The molecule has 0 bridgehead atoms. The minimum atomic E-state index is -2.62. The fourth-order valence-corrected chi connectivity index (χ4v) is 4.88. The molecular formula is C27H30O17. The number of phenols is 3. The zero-order valence-corrected chi connectivity index (χ0v) is 22.5. The normalized spacial score (nSPS) is 32.5. The van der Waals surface area contributed by atoms with Crippen molar-refractivity contribution in [3.63, 3.8) is 0 Å². The van der Waals surface area contributed by atoms with E-state index in [4.69, 9.17) is 23.4 Å². The third-order valence-corrected chi connectivity index (χ3v) is 7.43. The minimum absolute atomic E-state index is 0.108. The zero-order valence-electron chi connectivity index (χ0n) is 22.5. The van der Waals surface area contributed by atoms with E-state index in [9.17, 15) is 61.0 Å². The molecule has 17 heteroatoms. The summed E-state index contributed by atoms with van der Waals surface area (Å²) >= 11 is 0. The smallest absolute Gasteiger partial charge is 0.263 e. The molecule has 0 saturated carbocycles. The summed E-state index contributed by atoms with van der Waals surface area (Å²) in [5.41, 5.74) is -1.39. The topological polar surface area (TPSA) is 290 Å². The van der Waals surface area contributed by atoms with Crippen LogP contribution in [0.15, 0.2) is 39.5 Å². The van der Waals surface area contributed by atoms with Gasteiger partial charge in [-0.3, -0.25) is 4.79 Å². The fraction of sp³-hybridized carbons (Fsp3) is 0.444. The van der Waals surface area contributed by atoms with Gasteiger partial charge in [-0.1, -0.05) is 0 Å². The number of hydrogen-bond donors (Lipinski definition) is 11. The Bertz CT molecular complexity index is 1550. The van der Waals surface area contributed by atoms with Crippen LogP contribution in [0.3, 0.4) is 0 Å². The second kappa shape index (κ2) is 12.0. The van der Waals surface area contributed by atoms with E-state index >= 15 is 0 Å². The van der Waals surface area contributed by atoms with E-state index in [-0.39, 0.29) is 17.1 Å². The van der Waals surface area contributed by atoms with Gasteiger partial charge in [0.25, 0.3) is 5.79 Å². The molecule has 17 nitrogen and oxygen atoms in total. The van der Waals surface area contributed by atoms with Crippen LogP contribution in [0.25, 0.3) is 22.3 Å². The molecule has 44 heavy (non-hydrogen) atoms. The molecule has 2 saturated heterocycles. The average Bonchev–Trinajstić information content (AvgIpc) is 3.01.